The van der Waals surface area contributed by atoms with Gasteiger partial charge in [0.1, 0.15) is 11.3 Å². The highest BCUT2D eigenvalue weighted by molar-refractivity contribution is 6.05. The zero-order valence-electron chi connectivity index (χ0n) is 13.9. The van der Waals surface area contributed by atoms with Crippen molar-refractivity contribution in [2.45, 2.75) is 19.4 Å². The number of aromatic hydroxyl groups is 1. The van der Waals surface area contributed by atoms with Crippen LogP contribution in [0.5, 0.6) is 5.75 Å². The molecule has 0 saturated heterocycles. The number of benzene rings is 2. The Labute approximate surface area is 149 Å². The van der Waals surface area contributed by atoms with E-state index in [0.717, 1.165) is 18.4 Å². The average molecular weight is 354 g/mol. The lowest BCUT2D eigenvalue weighted by molar-refractivity contribution is -0.122. The van der Waals surface area contributed by atoms with Crippen LogP contribution in [-0.2, 0) is 11.3 Å². The van der Waals surface area contributed by atoms with Crippen molar-refractivity contribution < 1.29 is 24.6 Å². The van der Waals surface area contributed by atoms with Gasteiger partial charge in [-0.3, -0.25) is 9.59 Å². The van der Waals surface area contributed by atoms with Gasteiger partial charge in [0.25, 0.3) is 5.91 Å². The Hall–Kier alpha value is -3.35. The Morgan fingerprint density at radius 2 is 1.73 bits per heavy atom. The van der Waals surface area contributed by atoms with Gasteiger partial charge in [0.05, 0.1) is 0 Å². The first-order valence-corrected chi connectivity index (χ1v) is 8.18. The largest absolute Gasteiger partial charge is 0.507 e. The van der Waals surface area contributed by atoms with E-state index in [4.69, 9.17) is 5.11 Å². The van der Waals surface area contributed by atoms with Crippen LogP contribution in [0.1, 0.15) is 39.1 Å². The van der Waals surface area contributed by atoms with Crippen molar-refractivity contribution in [3.05, 3.63) is 59.2 Å². The van der Waals surface area contributed by atoms with Crippen LogP contribution in [0.4, 0.5) is 5.69 Å². The fraction of sp³-hybridized carbons (Fsp3) is 0.211. The van der Waals surface area contributed by atoms with Crippen LogP contribution in [0.25, 0.3) is 0 Å². The van der Waals surface area contributed by atoms with Crippen molar-refractivity contribution in [3.8, 4) is 5.75 Å². The number of anilines is 1. The number of hydrogen-bond acceptors (Lipinski definition) is 4. The van der Waals surface area contributed by atoms with E-state index in [-0.39, 0.29) is 28.8 Å². The lowest BCUT2D eigenvalue weighted by atomic mass is 10.1. The third-order valence-electron chi connectivity index (χ3n) is 4.12. The van der Waals surface area contributed by atoms with Crippen molar-refractivity contribution in [2.24, 2.45) is 5.92 Å². The van der Waals surface area contributed by atoms with Gasteiger partial charge in [-0.15, -0.1) is 0 Å². The molecule has 7 nitrogen and oxygen atoms in total. The molecule has 1 saturated carbocycles. The maximum absolute atomic E-state index is 12.3. The molecule has 0 aromatic heterocycles. The molecule has 0 heterocycles. The minimum atomic E-state index is -1.28. The molecule has 0 radical (unpaired) electrons. The lowest BCUT2D eigenvalue weighted by Gasteiger charge is -2.08. The van der Waals surface area contributed by atoms with Crippen molar-refractivity contribution in [1.82, 2.24) is 5.32 Å². The van der Waals surface area contributed by atoms with Crippen LogP contribution in [0, 0.1) is 5.92 Å². The van der Waals surface area contributed by atoms with Crippen LogP contribution in [0.2, 0.25) is 0 Å². The van der Waals surface area contributed by atoms with Gasteiger partial charge >= 0.3 is 5.97 Å². The number of nitrogens with one attached hydrogen (secondary N) is 2. The fourth-order valence-corrected chi connectivity index (χ4v) is 2.44. The number of aromatic carboxylic acids is 1. The van der Waals surface area contributed by atoms with E-state index in [0.29, 0.717) is 12.1 Å². The summed E-state index contributed by atoms with van der Waals surface area (Å²) in [7, 11) is 0. The molecule has 3 rings (SSSR count). The first-order valence-electron chi connectivity index (χ1n) is 8.18. The van der Waals surface area contributed by atoms with Crippen molar-refractivity contribution in [1.29, 1.82) is 0 Å². The quantitative estimate of drug-likeness (QED) is 0.595. The monoisotopic (exact) mass is 354 g/mol. The second-order valence-corrected chi connectivity index (χ2v) is 6.18. The van der Waals surface area contributed by atoms with Gasteiger partial charge < -0.3 is 20.8 Å². The van der Waals surface area contributed by atoms with Crippen LogP contribution in [0.15, 0.2) is 42.5 Å². The lowest BCUT2D eigenvalue weighted by Crippen LogP contribution is -2.24. The Bertz CT molecular complexity index is 857. The predicted molar refractivity (Wildman–Crippen MR) is 94.0 cm³/mol. The number of rotatable bonds is 6. The third-order valence-corrected chi connectivity index (χ3v) is 4.12. The summed E-state index contributed by atoms with van der Waals surface area (Å²) < 4.78 is 0. The number of carbonyl (C=O) groups excluding carboxylic acids is 2. The maximum atomic E-state index is 12.3. The number of phenols is 1. The van der Waals surface area contributed by atoms with Gasteiger partial charge in [-0.2, -0.15) is 0 Å². The highest BCUT2D eigenvalue weighted by Crippen LogP contribution is 2.28. The van der Waals surface area contributed by atoms with E-state index in [1.807, 2.05) is 0 Å². The second-order valence-electron chi connectivity index (χ2n) is 6.18. The van der Waals surface area contributed by atoms with Gasteiger partial charge in [-0.25, -0.2) is 4.79 Å². The van der Waals surface area contributed by atoms with E-state index in [1.54, 1.807) is 24.3 Å². The molecule has 134 valence electrons. The SMILES string of the molecule is O=C(Nc1ccc(O)c(C(=O)O)c1)c1ccc(CNC(=O)C2CC2)cc1. The van der Waals surface area contributed by atoms with E-state index >= 15 is 0 Å². The first-order chi connectivity index (χ1) is 12.4. The van der Waals surface area contributed by atoms with Gasteiger partial charge in [0.2, 0.25) is 5.91 Å². The molecule has 0 spiro atoms. The molecule has 0 unspecified atom stereocenters. The number of carbonyl (C=O) groups is 3. The smallest absolute Gasteiger partial charge is 0.339 e. The Morgan fingerprint density at radius 3 is 2.35 bits per heavy atom. The van der Waals surface area contributed by atoms with E-state index in [9.17, 15) is 19.5 Å². The van der Waals surface area contributed by atoms with E-state index in [2.05, 4.69) is 10.6 Å². The number of carboxylic acid groups (broad SMARTS) is 1. The number of hydrogen-bond donors (Lipinski definition) is 4. The Kier molecular flexibility index (Phi) is 4.88. The Balaban J connectivity index is 1.61. The van der Waals surface area contributed by atoms with Gasteiger partial charge in [-0.05, 0) is 48.7 Å². The summed E-state index contributed by atoms with van der Waals surface area (Å²) in [6, 6.07) is 10.6. The normalized spacial score (nSPS) is 13.1. The average Bonchev–Trinajstić information content (AvgIpc) is 3.46. The van der Waals surface area contributed by atoms with Crippen LogP contribution in [-0.4, -0.2) is 28.0 Å². The zero-order chi connectivity index (χ0) is 18.7. The number of carboxylic acids is 1. The first kappa shape index (κ1) is 17.5. The molecule has 2 aromatic rings. The predicted octanol–water partition coefficient (Wildman–Crippen LogP) is 2.37. The highest BCUT2D eigenvalue weighted by atomic mass is 16.4. The van der Waals surface area contributed by atoms with Crippen molar-refractivity contribution in [3.63, 3.8) is 0 Å². The highest BCUT2D eigenvalue weighted by Gasteiger charge is 2.29. The topological polar surface area (TPSA) is 116 Å². The van der Waals surface area contributed by atoms with Crippen LogP contribution >= 0.6 is 0 Å². The molecule has 2 aromatic carbocycles. The molecule has 1 aliphatic rings. The van der Waals surface area contributed by atoms with E-state index < -0.39 is 11.9 Å². The van der Waals surface area contributed by atoms with Gasteiger partial charge in [0.15, 0.2) is 0 Å². The molecular formula is C19H18N2O5. The second kappa shape index (κ2) is 7.26. The minimum Gasteiger partial charge on any atom is -0.507 e. The molecule has 1 aliphatic carbocycles. The van der Waals surface area contributed by atoms with Crippen molar-refractivity contribution in [2.75, 3.05) is 5.32 Å². The van der Waals surface area contributed by atoms with Gasteiger partial charge in [0, 0.05) is 23.7 Å². The summed E-state index contributed by atoms with van der Waals surface area (Å²) in [5, 5.41) is 23.9. The van der Waals surface area contributed by atoms with Crippen molar-refractivity contribution >= 4 is 23.5 Å². The summed E-state index contributed by atoms with van der Waals surface area (Å²) in [6.45, 7) is 0.414. The summed E-state index contributed by atoms with van der Waals surface area (Å²) >= 11 is 0. The maximum Gasteiger partial charge on any atom is 0.339 e. The molecule has 2 amide bonds. The molecule has 0 bridgehead atoms. The third kappa shape index (κ3) is 4.18. The van der Waals surface area contributed by atoms with Gasteiger partial charge in [-0.1, -0.05) is 12.1 Å². The fourth-order valence-electron chi connectivity index (χ4n) is 2.44. The number of amides is 2. The standard InChI is InChI=1S/C19H18N2O5/c22-16-8-7-14(9-15(16)19(25)26)21-18(24)13-3-1-11(2-4-13)10-20-17(23)12-5-6-12/h1-4,7-9,12,22H,5-6,10H2,(H,20,23)(H,21,24)(H,25,26). The summed E-state index contributed by atoms with van der Waals surface area (Å²) in [5.41, 5.74) is 1.26. The summed E-state index contributed by atoms with van der Waals surface area (Å²) in [5.74, 6) is -1.83. The van der Waals surface area contributed by atoms with Crippen LogP contribution in [0.3, 0.4) is 0 Å². The molecule has 0 aliphatic heterocycles. The molecule has 26 heavy (non-hydrogen) atoms. The zero-order valence-corrected chi connectivity index (χ0v) is 13.9. The van der Waals surface area contributed by atoms with Crippen LogP contribution < -0.4 is 10.6 Å². The van der Waals surface area contributed by atoms with E-state index in [1.165, 1.54) is 18.2 Å². The molecule has 4 N–H and O–H groups in total. The summed E-state index contributed by atoms with van der Waals surface area (Å²) in [4.78, 5) is 34.9. The molecule has 1 fully saturated rings. The Morgan fingerprint density at radius 1 is 1.04 bits per heavy atom. The molecule has 7 heteroatoms. The minimum absolute atomic E-state index is 0.0633. The summed E-state index contributed by atoms with van der Waals surface area (Å²) in [6.07, 6.45) is 1.90. The molecular weight excluding hydrogens is 336 g/mol. The molecule has 0 atom stereocenters.